The third-order valence-corrected chi connectivity index (χ3v) is 3.67. The topological polar surface area (TPSA) is 76.7 Å². The van der Waals surface area contributed by atoms with Crippen molar-refractivity contribution in [3.05, 3.63) is 45.6 Å². The number of nitrogens with two attached hydrogens (primary N) is 1. The van der Waals surface area contributed by atoms with Crippen LogP contribution in [0.15, 0.2) is 28.2 Å². The number of halogens is 1. The predicted molar refractivity (Wildman–Crippen MR) is 75.7 cm³/mol. The van der Waals surface area contributed by atoms with Gasteiger partial charge in [0.2, 0.25) is 0 Å². The van der Waals surface area contributed by atoms with Crippen molar-refractivity contribution < 1.29 is 4.39 Å². The molecule has 0 aliphatic heterocycles. The quantitative estimate of drug-likeness (QED) is 0.649. The summed E-state index contributed by atoms with van der Waals surface area (Å²) in [6.07, 6.45) is 0. The highest BCUT2D eigenvalue weighted by Gasteiger charge is 2.08. The van der Waals surface area contributed by atoms with Crippen molar-refractivity contribution in [3.8, 4) is 11.8 Å². The largest absolute Gasteiger partial charge is 0.343 e. The minimum atomic E-state index is -0.341. The normalized spacial score (nSPS) is 10.2. The summed E-state index contributed by atoms with van der Waals surface area (Å²) < 4.78 is 14.7. The van der Waals surface area contributed by atoms with E-state index in [4.69, 9.17) is 5.73 Å². The van der Waals surface area contributed by atoms with Gasteiger partial charge in [0.25, 0.3) is 0 Å². The molecule has 1 aromatic carbocycles. The second-order valence-electron chi connectivity index (χ2n) is 3.97. The first-order chi connectivity index (χ1) is 9.61. The van der Waals surface area contributed by atoms with E-state index in [0.29, 0.717) is 16.5 Å². The summed E-state index contributed by atoms with van der Waals surface area (Å²) >= 11 is 1.37. The van der Waals surface area contributed by atoms with Crippen molar-refractivity contribution >= 4 is 11.8 Å². The van der Waals surface area contributed by atoms with Crippen LogP contribution in [-0.2, 0) is 12.8 Å². The molecule has 5 nitrogen and oxygen atoms in total. The van der Waals surface area contributed by atoms with Crippen LogP contribution in [-0.4, -0.2) is 21.3 Å². The Bertz CT molecular complexity index is 726. The highest BCUT2D eigenvalue weighted by molar-refractivity contribution is 7.98. The lowest BCUT2D eigenvalue weighted by atomic mass is 10.1. The van der Waals surface area contributed by atoms with Crippen LogP contribution in [0.25, 0.3) is 0 Å². The van der Waals surface area contributed by atoms with Crippen LogP contribution in [0.5, 0.6) is 0 Å². The van der Waals surface area contributed by atoms with E-state index in [1.165, 1.54) is 28.5 Å². The van der Waals surface area contributed by atoms with Gasteiger partial charge in [0.1, 0.15) is 5.82 Å². The van der Waals surface area contributed by atoms with E-state index in [1.54, 1.807) is 13.1 Å². The van der Waals surface area contributed by atoms with Crippen LogP contribution in [0.2, 0.25) is 0 Å². The first kappa shape index (κ1) is 14.4. The summed E-state index contributed by atoms with van der Waals surface area (Å²) in [6, 6.07) is 4.43. The minimum absolute atomic E-state index is 0.219. The van der Waals surface area contributed by atoms with Crippen LogP contribution in [0.3, 0.4) is 0 Å². The number of H-pyrrole nitrogens is 1. The molecule has 0 amide bonds. The molecule has 2 rings (SSSR count). The Morgan fingerprint density at radius 1 is 1.55 bits per heavy atom. The molecule has 0 fully saturated rings. The first-order valence-electron chi connectivity index (χ1n) is 5.83. The number of rotatable bonds is 3. The molecule has 1 aromatic heterocycles. The molecular weight excluding hydrogens is 279 g/mol. The summed E-state index contributed by atoms with van der Waals surface area (Å²) in [6.45, 7) is 0.219. The van der Waals surface area contributed by atoms with Gasteiger partial charge in [-0.05, 0) is 17.7 Å². The standard InChI is InChI=1S/C13H13FN4OS/c1-18-12(19)16-17-13(18)20-8-10-4-5-11(14)7-9(10)3-2-6-15/h4-5,7H,6,8,15H2,1H3,(H,16,19). The molecule has 0 atom stereocenters. The van der Waals surface area contributed by atoms with Crippen LogP contribution < -0.4 is 11.4 Å². The SMILES string of the molecule is Cn1c(SCc2ccc(F)cc2C#CCN)n[nH]c1=O. The zero-order chi connectivity index (χ0) is 14.5. The number of aromatic nitrogens is 3. The smallest absolute Gasteiger partial charge is 0.320 e. The van der Waals surface area contributed by atoms with E-state index >= 15 is 0 Å². The number of thioether (sulfide) groups is 1. The number of nitrogens with one attached hydrogen (secondary N) is 1. The van der Waals surface area contributed by atoms with Crippen LogP contribution >= 0.6 is 11.8 Å². The lowest BCUT2D eigenvalue weighted by Gasteiger charge is -2.04. The van der Waals surface area contributed by atoms with Gasteiger partial charge in [0.05, 0.1) is 6.54 Å². The molecular formula is C13H13FN4OS. The molecule has 0 bridgehead atoms. The molecule has 0 aliphatic rings. The van der Waals surface area contributed by atoms with E-state index in [2.05, 4.69) is 22.0 Å². The van der Waals surface area contributed by atoms with Crippen molar-refractivity contribution in [2.75, 3.05) is 6.54 Å². The van der Waals surface area contributed by atoms with Crippen molar-refractivity contribution in [1.82, 2.24) is 14.8 Å². The van der Waals surface area contributed by atoms with Crippen LogP contribution in [0.1, 0.15) is 11.1 Å². The Labute approximate surface area is 119 Å². The number of hydrogen-bond acceptors (Lipinski definition) is 4. The molecule has 3 N–H and O–H groups in total. The predicted octanol–water partition coefficient (Wildman–Crippen LogP) is 0.850. The van der Waals surface area contributed by atoms with Gasteiger partial charge < -0.3 is 5.73 Å². The Morgan fingerprint density at radius 2 is 2.35 bits per heavy atom. The van der Waals surface area contributed by atoms with Gasteiger partial charge in [-0.2, -0.15) is 0 Å². The fraction of sp³-hybridized carbons (Fsp3) is 0.231. The van der Waals surface area contributed by atoms with Crippen LogP contribution in [0.4, 0.5) is 4.39 Å². The van der Waals surface area contributed by atoms with Crippen molar-refractivity contribution in [1.29, 1.82) is 0 Å². The third kappa shape index (κ3) is 3.29. The Hall–Kier alpha value is -2.04. The van der Waals surface area contributed by atoms with E-state index < -0.39 is 0 Å². The molecule has 0 spiro atoms. The second-order valence-corrected chi connectivity index (χ2v) is 4.91. The van der Waals surface area contributed by atoms with Crippen molar-refractivity contribution in [3.63, 3.8) is 0 Å². The summed E-state index contributed by atoms with van der Waals surface area (Å²) in [4.78, 5) is 11.2. The number of benzene rings is 1. The number of hydrogen-bond donors (Lipinski definition) is 2. The van der Waals surface area contributed by atoms with Gasteiger partial charge in [-0.3, -0.25) is 4.57 Å². The van der Waals surface area contributed by atoms with Gasteiger partial charge in [0.15, 0.2) is 5.16 Å². The molecule has 2 aromatic rings. The summed E-state index contributed by atoms with van der Waals surface area (Å²) in [7, 11) is 1.63. The molecule has 0 radical (unpaired) electrons. The zero-order valence-corrected chi connectivity index (χ0v) is 11.6. The molecule has 0 aliphatic carbocycles. The molecule has 7 heteroatoms. The molecule has 0 saturated heterocycles. The van der Waals surface area contributed by atoms with Crippen molar-refractivity contribution in [2.45, 2.75) is 10.9 Å². The molecule has 20 heavy (non-hydrogen) atoms. The lowest BCUT2D eigenvalue weighted by molar-refractivity contribution is 0.627. The molecule has 1 heterocycles. The monoisotopic (exact) mass is 292 g/mol. The van der Waals surface area contributed by atoms with Crippen molar-refractivity contribution in [2.24, 2.45) is 12.8 Å². The van der Waals surface area contributed by atoms with Gasteiger partial charge in [0, 0.05) is 18.4 Å². The fourth-order valence-electron chi connectivity index (χ4n) is 1.54. The highest BCUT2D eigenvalue weighted by atomic mass is 32.2. The first-order valence-corrected chi connectivity index (χ1v) is 6.82. The number of aromatic amines is 1. The maximum absolute atomic E-state index is 13.2. The second kappa shape index (κ2) is 6.41. The maximum Gasteiger partial charge on any atom is 0.343 e. The van der Waals surface area contributed by atoms with E-state index in [-0.39, 0.29) is 18.1 Å². The van der Waals surface area contributed by atoms with Gasteiger partial charge in [-0.25, -0.2) is 14.3 Å². The molecule has 0 unspecified atom stereocenters. The average molecular weight is 292 g/mol. The van der Waals surface area contributed by atoms with Gasteiger partial charge in [-0.15, -0.1) is 5.10 Å². The van der Waals surface area contributed by atoms with Gasteiger partial charge in [-0.1, -0.05) is 29.7 Å². The van der Waals surface area contributed by atoms with E-state index in [1.807, 2.05) is 0 Å². The maximum atomic E-state index is 13.2. The summed E-state index contributed by atoms with van der Waals surface area (Å²) in [5.41, 5.74) is 6.53. The fourth-order valence-corrected chi connectivity index (χ4v) is 2.46. The molecule has 104 valence electrons. The highest BCUT2D eigenvalue weighted by Crippen LogP contribution is 2.21. The third-order valence-electron chi connectivity index (χ3n) is 2.59. The Morgan fingerprint density at radius 3 is 3.00 bits per heavy atom. The minimum Gasteiger partial charge on any atom is -0.320 e. The Balaban J connectivity index is 2.21. The lowest BCUT2D eigenvalue weighted by Crippen LogP contribution is -2.12. The average Bonchev–Trinajstić information content (AvgIpc) is 2.75. The van der Waals surface area contributed by atoms with E-state index in [9.17, 15) is 9.18 Å². The number of nitrogens with zero attached hydrogens (tertiary/aromatic N) is 2. The van der Waals surface area contributed by atoms with E-state index in [0.717, 1.165) is 5.56 Å². The summed E-state index contributed by atoms with van der Waals surface area (Å²) in [5.74, 6) is 5.75. The van der Waals surface area contributed by atoms with Gasteiger partial charge >= 0.3 is 5.69 Å². The molecule has 0 saturated carbocycles. The van der Waals surface area contributed by atoms with Crippen LogP contribution in [0, 0.1) is 17.7 Å². The zero-order valence-electron chi connectivity index (χ0n) is 10.8. The Kier molecular flexibility index (Phi) is 4.61. The summed E-state index contributed by atoms with van der Waals surface area (Å²) in [5, 5.41) is 6.83.